The molecule has 0 spiro atoms. The molecule has 15 heavy (non-hydrogen) atoms. The molecule has 6 nitrogen and oxygen atoms in total. The van der Waals surface area contributed by atoms with Crippen molar-refractivity contribution in [2.24, 2.45) is 0 Å². The predicted octanol–water partition coefficient (Wildman–Crippen LogP) is 0.622. The number of nitrogens with zero attached hydrogens (tertiary/aromatic N) is 2. The fraction of sp³-hybridized carbons (Fsp3) is 0.444. The first-order valence-corrected chi connectivity index (χ1v) is 4.45. The zero-order valence-corrected chi connectivity index (χ0v) is 8.60. The third-order valence-corrected chi connectivity index (χ3v) is 1.83. The molecule has 0 saturated carbocycles. The Kier molecular flexibility index (Phi) is 3.99. The van der Waals surface area contributed by atoms with Crippen LogP contribution < -0.4 is 5.32 Å². The average molecular weight is 211 g/mol. The van der Waals surface area contributed by atoms with Crippen molar-refractivity contribution < 1.29 is 14.6 Å². The minimum absolute atomic E-state index is 0.0280. The van der Waals surface area contributed by atoms with Gasteiger partial charge in [0, 0.05) is 13.7 Å². The number of hydrogen-bond acceptors (Lipinski definition) is 5. The van der Waals surface area contributed by atoms with Crippen LogP contribution in [0.1, 0.15) is 17.4 Å². The van der Waals surface area contributed by atoms with E-state index < -0.39 is 5.97 Å². The van der Waals surface area contributed by atoms with Crippen molar-refractivity contribution in [3.05, 3.63) is 18.1 Å². The number of methoxy groups -OCH3 is 1. The van der Waals surface area contributed by atoms with Gasteiger partial charge in [0.15, 0.2) is 5.69 Å². The number of rotatable bonds is 5. The summed E-state index contributed by atoms with van der Waals surface area (Å²) in [6, 6.07) is 0. The van der Waals surface area contributed by atoms with Crippen molar-refractivity contribution in [1.82, 2.24) is 9.97 Å². The van der Waals surface area contributed by atoms with Gasteiger partial charge in [0.05, 0.1) is 18.5 Å². The molecular weight excluding hydrogens is 198 g/mol. The molecule has 0 aliphatic heterocycles. The Hall–Kier alpha value is -1.69. The monoisotopic (exact) mass is 211 g/mol. The normalized spacial score (nSPS) is 12.1. The van der Waals surface area contributed by atoms with Crippen LogP contribution in [-0.4, -0.2) is 40.8 Å². The highest BCUT2D eigenvalue weighted by molar-refractivity contribution is 5.85. The molecule has 0 radical (unpaired) electrons. The Morgan fingerprint density at radius 3 is 3.00 bits per heavy atom. The van der Waals surface area contributed by atoms with Crippen molar-refractivity contribution in [2.75, 3.05) is 19.0 Å². The number of carboxylic acid groups (broad SMARTS) is 1. The topological polar surface area (TPSA) is 84.3 Å². The molecule has 0 saturated heterocycles. The van der Waals surface area contributed by atoms with Gasteiger partial charge in [-0.15, -0.1) is 0 Å². The molecule has 1 atom stereocenters. The molecule has 0 bridgehead atoms. The van der Waals surface area contributed by atoms with E-state index >= 15 is 0 Å². The smallest absolute Gasteiger partial charge is 0.356 e. The summed E-state index contributed by atoms with van der Waals surface area (Å²) in [5, 5.41) is 11.6. The van der Waals surface area contributed by atoms with Crippen molar-refractivity contribution >= 4 is 11.8 Å². The van der Waals surface area contributed by atoms with E-state index in [1.807, 2.05) is 6.92 Å². The summed E-state index contributed by atoms with van der Waals surface area (Å²) in [7, 11) is 1.60. The second-order valence-electron chi connectivity index (χ2n) is 3.02. The average Bonchev–Trinajstić information content (AvgIpc) is 2.26. The molecule has 1 rings (SSSR count). The molecule has 0 aliphatic carbocycles. The van der Waals surface area contributed by atoms with Gasteiger partial charge >= 0.3 is 5.97 Å². The van der Waals surface area contributed by atoms with Crippen LogP contribution in [0, 0.1) is 0 Å². The standard InChI is InChI=1S/C9H13N3O3/c1-6(15-2)3-11-8-5-10-4-7(12-8)9(13)14/h4-6H,3H2,1-2H3,(H,11,12)(H,13,14). The summed E-state index contributed by atoms with van der Waals surface area (Å²) in [5.74, 6) is -0.662. The third-order valence-electron chi connectivity index (χ3n) is 1.83. The van der Waals surface area contributed by atoms with Crippen LogP contribution in [0.4, 0.5) is 5.82 Å². The lowest BCUT2D eigenvalue weighted by atomic mass is 10.4. The molecule has 82 valence electrons. The van der Waals surface area contributed by atoms with Crippen LogP contribution in [0.25, 0.3) is 0 Å². The number of carboxylic acids is 1. The maximum absolute atomic E-state index is 10.6. The van der Waals surface area contributed by atoms with Crippen molar-refractivity contribution in [2.45, 2.75) is 13.0 Å². The maximum atomic E-state index is 10.6. The van der Waals surface area contributed by atoms with Gasteiger partial charge in [-0.05, 0) is 6.92 Å². The molecule has 0 fully saturated rings. The summed E-state index contributed by atoms with van der Waals surface area (Å²) in [6.07, 6.45) is 2.70. The first-order chi connectivity index (χ1) is 7.13. The minimum Gasteiger partial charge on any atom is -0.476 e. The summed E-state index contributed by atoms with van der Waals surface area (Å²) in [5.41, 5.74) is -0.0786. The highest BCUT2D eigenvalue weighted by atomic mass is 16.5. The number of carbonyl (C=O) groups is 1. The van der Waals surface area contributed by atoms with Crippen LogP contribution in [0.5, 0.6) is 0 Å². The number of aromatic carboxylic acids is 1. The molecule has 0 amide bonds. The Bertz CT molecular complexity index is 343. The number of aromatic nitrogens is 2. The third kappa shape index (κ3) is 3.51. The van der Waals surface area contributed by atoms with Crippen LogP contribution in [0.15, 0.2) is 12.4 Å². The van der Waals surface area contributed by atoms with Gasteiger partial charge in [0.25, 0.3) is 0 Å². The van der Waals surface area contributed by atoms with Crippen molar-refractivity contribution in [1.29, 1.82) is 0 Å². The number of anilines is 1. The highest BCUT2D eigenvalue weighted by Gasteiger charge is 2.06. The molecular formula is C9H13N3O3. The SMILES string of the molecule is COC(C)CNc1cncc(C(=O)O)n1. The Labute approximate surface area is 87.3 Å². The van der Waals surface area contributed by atoms with Crippen LogP contribution >= 0.6 is 0 Å². The quantitative estimate of drug-likeness (QED) is 0.742. The second-order valence-corrected chi connectivity index (χ2v) is 3.02. The van der Waals surface area contributed by atoms with E-state index in [-0.39, 0.29) is 11.8 Å². The highest BCUT2D eigenvalue weighted by Crippen LogP contribution is 2.02. The van der Waals surface area contributed by atoms with Crippen molar-refractivity contribution in [3.63, 3.8) is 0 Å². The van der Waals surface area contributed by atoms with Gasteiger partial charge in [-0.2, -0.15) is 0 Å². The molecule has 0 aliphatic rings. The Morgan fingerprint density at radius 2 is 2.40 bits per heavy atom. The lowest BCUT2D eigenvalue weighted by Gasteiger charge is -2.10. The van der Waals surface area contributed by atoms with Crippen molar-refractivity contribution in [3.8, 4) is 0 Å². The summed E-state index contributed by atoms with van der Waals surface area (Å²) in [6.45, 7) is 2.44. The van der Waals surface area contributed by atoms with E-state index in [9.17, 15) is 4.79 Å². The Morgan fingerprint density at radius 1 is 1.67 bits per heavy atom. The number of nitrogens with one attached hydrogen (secondary N) is 1. The predicted molar refractivity (Wildman–Crippen MR) is 54.0 cm³/mol. The lowest BCUT2D eigenvalue weighted by molar-refractivity contribution is 0.0690. The summed E-state index contributed by atoms with van der Waals surface area (Å²) < 4.78 is 5.02. The van der Waals surface area contributed by atoms with Crippen LogP contribution in [-0.2, 0) is 4.74 Å². The van der Waals surface area contributed by atoms with Gasteiger partial charge in [-0.25, -0.2) is 9.78 Å². The van der Waals surface area contributed by atoms with Gasteiger partial charge in [0.2, 0.25) is 0 Å². The summed E-state index contributed by atoms with van der Waals surface area (Å²) >= 11 is 0. The zero-order chi connectivity index (χ0) is 11.3. The molecule has 0 aromatic carbocycles. The molecule has 1 aromatic heterocycles. The van der Waals surface area contributed by atoms with E-state index in [0.29, 0.717) is 12.4 Å². The number of ether oxygens (including phenoxy) is 1. The molecule has 1 heterocycles. The number of hydrogen-bond donors (Lipinski definition) is 2. The fourth-order valence-corrected chi connectivity index (χ4v) is 0.886. The second kappa shape index (κ2) is 5.26. The summed E-state index contributed by atoms with van der Waals surface area (Å²) in [4.78, 5) is 18.2. The molecule has 2 N–H and O–H groups in total. The van der Waals surface area contributed by atoms with E-state index in [1.165, 1.54) is 12.4 Å². The van der Waals surface area contributed by atoms with E-state index in [1.54, 1.807) is 7.11 Å². The largest absolute Gasteiger partial charge is 0.476 e. The molecule has 1 unspecified atom stereocenters. The first-order valence-electron chi connectivity index (χ1n) is 4.45. The lowest BCUT2D eigenvalue weighted by Crippen LogP contribution is -2.19. The molecule has 6 heteroatoms. The zero-order valence-electron chi connectivity index (χ0n) is 8.60. The van der Waals surface area contributed by atoms with E-state index in [4.69, 9.17) is 9.84 Å². The van der Waals surface area contributed by atoms with E-state index in [0.717, 1.165) is 0 Å². The van der Waals surface area contributed by atoms with Crippen LogP contribution in [0.3, 0.4) is 0 Å². The van der Waals surface area contributed by atoms with Crippen LogP contribution in [0.2, 0.25) is 0 Å². The van der Waals surface area contributed by atoms with Gasteiger partial charge in [-0.3, -0.25) is 4.98 Å². The van der Waals surface area contributed by atoms with Gasteiger partial charge in [0.1, 0.15) is 5.82 Å². The minimum atomic E-state index is -1.09. The Balaban J connectivity index is 2.62. The van der Waals surface area contributed by atoms with Gasteiger partial charge < -0.3 is 15.2 Å². The fourth-order valence-electron chi connectivity index (χ4n) is 0.886. The van der Waals surface area contributed by atoms with E-state index in [2.05, 4.69) is 15.3 Å². The van der Waals surface area contributed by atoms with Gasteiger partial charge in [-0.1, -0.05) is 0 Å². The maximum Gasteiger partial charge on any atom is 0.356 e. The molecule has 1 aromatic rings. The first kappa shape index (κ1) is 11.4.